The molecule has 1 saturated heterocycles. The predicted molar refractivity (Wildman–Crippen MR) is 95.6 cm³/mol. The number of halogens is 1. The molecule has 2 rings (SSSR count). The lowest BCUT2D eigenvalue weighted by molar-refractivity contribution is -0.0995. The van der Waals surface area contributed by atoms with Gasteiger partial charge < -0.3 is 40.9 Å². The van der Waals surface area contributed by atoms with Crippen molar-refractivity contribution in [2.75, 3.05) is 25.5 Å². The van der Waals surface area contributed by atoms with Crippen molar-refractivity contribution >= 4 is 29.3 Å². The topological polar surface area (TPSA) is 276 Å². The summed E-state index contributed by atoms with van der Waals surface area (Å²) in [5.74, 6) is -3.22. The quantitative estimate of drug-likeness (QED) is 0.173. The third-order valence-electron chi connectivity index (χ3n) is 3.94. The summed E-state index contributed by atoms with van der Waals surface area (Å²) in [5.41, 5.74) is 7.29. The second-order valence-corrected chi connectivity index (χ2v) is 10.6. The number of hydrogen-bond donors (Lipinski definition) is 7. The van der Waals surface area contributed by atoms with Gasteiger partial charge in [0, 0.05) is 12.7 Å². The fraction of sp³-hybridized carbons (Fsp3) is 0.600. The molecule has 21 heteroatoms. The Morgan fingerprint density at radius 3 is 2.39 bits per heavy atom. The van der Waals surface area contributed by atoms with Gasteiger partial charge in [-0.2, -0.15) is 13.6 Å². The van der Waals surface area contributed by atoms with Crippen molar-refractivity contribution in [3.63, 3.8) is 0 Å². The number of aromatic nitrogens is 2. The van der Waals surface area contributed by atoms with E-state index in [4.69, 9.17) is 30.9 Å². The molecular weight excluding hydrogens is 496 g/mol. The van der Waals surface area contributed by atoms with Crippen LogP contribution in [0.1, 0.15) is 0 Å². The fourth-order valence-electron chi connectivity index (χ4n) is 2.55. The number of ether oxygens (including phenoxy) is 1. The van der Waals surface area contributed by atoms with Gasteiger partial charge in [-0.25, -0.2) is 22.9 Å². The van der Waals surface area contributed by atoms with Crippen LogP contribution in [0.2, 0.25) is 0 Å². The molecule has 0 bridgehead atoms. The summed E-state index contributed by atoms with van der Waals surface area (Å²) in [7, 11) is -17.0. The lowest BCUT2D eigenvalue weighted by Gasteiger charge is -2.33. The highest BCUT2D eigenvalue weighted by Crippen LogP contribution is 2.66. The maximum Gasteiger partial charge on any atom is 0.490 e. The SMILES string of the molecule is NC[C@]1(COP(=O)(O)OP(=O)(O)OP(=O)(O)O)OCC(F)(n2ccc(N)nc2=O)[C@@H]1O. The Bertz CT molecular complexity index is 1030. The number of alkyl halides is 1. The maximum absolute atomic E-state index is 15.4. The van der Waals surface area contributed by atoms with Crippen LogP contribution in [0.4, 0.5) is 10.2 Å². The standard InChI is InChI=1S/C10H18FN4O13P3/c11-10(15-2-1-6(13)14-8(15)17)5-25-9(3-12,7(10)16)4-26-30(21,22)28-31(23,24)27-29(18,19)20/h1-2,7,16H,3-5,12H2,(H,21,22)(H,23,24)(H2,13,14,17)(H2,18,19,20)/t7-,9-,10?/m1/s1. The minimum absolute atomic E-state index is 0.240. The predicted octanol–water partition coefficient (Wildman–Crippen LogP) is -2.12. The van der Waals surface area contributed by atoms with Crippen molar-refractivity contribution in [1.29, 1.82) is 0 Å². The lowest BCUT2D eigenvalue weighted by atomic mass is 9.93. The molecule has 0 spiro atoms. The summed E-state index contributed by atoms with van der Waals surface area (Å²) < 4.78 is 66.1. The van der Waals surface area contributed by atoms with Crippen LogP contribution in [0.5, 0.6) is 0 Å². The molecule has 1 fully saturated rings. The van der Waals surface area contributed by atoms with Gasteiger partial charge in [0.05, 0.1) is 6.61 Å². The van der Waals surface area contributed by atoms with Gasteiger partial charge in [-0.15, -0.1) is 0 Å². The molecule has 17 nitrogen and oxygen atoms in total. The third-order valence-corrected chi connectivity index (χ3v) is 7.72. The third kappa shape index (κ3) is 6.03. The van der Waals surface area contributed by atoms with Crippen molar-refractivity contribution in [3.8, 4) is 0 Å². The molecule has 1 aliphatic rings. The van der Waals surface area contributed by atoms with E-state index in [0.29, 0.717) is 4.57 Å². The largest absolute Gasteiger partial charge is 0.490 e. The van der Waals surface area contributed by atoms with E-state index in [2.05, 4.69) is 18.1 Å². The van der Waals surface area contributed by atoms with Gasteiger partial charge in [-0.3, -0.25) is 9.09 Å². The van der Waals surface area contributed by atoms with Crippen LogP contribution >= 0.6 is 23.5 Å². The second kappa shape index (κ2) is 8.68. The molecule has 0 aromatic carbocycles. The zero-order valence-corrected chi connectivity index (χ0v) is 17.8. The van der Waals surface area contributed by atoms with Crippen LogP contribution in [0, 0.1) is 0 Å². The Labute approximate surface area is 171 Å². The number of aliphatic hydroxyl groups excluding tert-OH is 1. The number of phosphoric ester groups is 1. The van der Waals surface area contributed by atoms with Crippen molar-refractivity contribution in [2.45, 2.75) is 17.5 Å². The Morgan fingerprint density at radius 2 is 1.87 bits per heavy atom. The molecule has 5 atom stereocenters. The van der Waals surface area contributed by atoms with E-state index in [1.807, 2.05) is 0 Å². The Balaban J connectivity index is 2.22. The average Bonchev–Trinajstić information content (AvgIpc) is 2.83. The maximum atomic E-state index is 15.4. The fourth-order valence-corrected chi connectivity index (χ4v) is 5.63. The number of phosphoric acid groups is 3. The highest BCUT2D eigenvalue weighted by molar-refractivity contribution is 7.66. The zero-order valence-electron chi connectivity index (χ0n) is 15.1. The minimum atomic E-state index is -5.80. The van der Waals surface area contributed by atoms with E-state index in [0.717, 1.165) is 12.3 Å². The summed E-state index contributed by atoms with van der Waals surface area (Å²) in [4.78, 5) is 50.8. The van der Waals surface area contributed by atoms with Gasteiger partial charge in [0.15, 0.2) is 0 Å². The molecule has 0 amide bonds. The minimum Gasteiger partial charge on any atom is -0.384 e. The van der Waals surface area contributed by atoms with Gasteiger partial charge in [0.1, 0.15) is 24.1 Å². The number of aliphatic hydroxyl groups is 1. The normalized spacial score (nSPS) is 30.6. The molecule has 31 heavy (non-hydrogen) atoms. The Hall–Kier alpha value is -1.10. The summed E-state index contributed by atoms with van der Waals surface area (Å²) in [6.45, 7) is -3.00. The van der Waals surface area contributed by atoms with E-state index < -0.39 is 66.4 Å². The van der Waals surface area contributed by atoms with Crippen LogP contribution < -0.4 is 17.2 Å². The van der Waals surface area contributed by atoms with Crippen LogP contribution in [0.25, 0.3) is 0 Å². The zero-order chi connectivity index (χ0) is 23.9. The van der Waals surface area contributed by atoms with Crippen LogP contribution in [-0.4, -0.2) is 65.7 Å². The molecule has 3 unspecified atom stereocenters. The molecule has 1 aromatic heterocycles. The van der Waals surface area contributed by atoms with Gasteiger partial charge in [-0.1, -0.05) is 0 Å². The molecule has 1 aliphatic heterocycles. The van der Waals surface area contributed by atoms with Gasteiger partial charge >= 0.3 is 29.2 Å². The molecule has 0 aliphatic carbocycles. The van der Waals surface area contributed by atoms with Crippen molar-refractivity contribution in [2.24, 2.45) is 5.73 Å². The number of nitrogens with two attached hydrogens (primary N) is 2. The molecular formula is C10H18FN4O13P3. The highest BCUT2D eigenvalue weighted by Gasteiger charge is 2.61. The molecule has 178 valence electrons. The number of hydrogen-bond acceptors (Lipinski definition) is 12. The first kappa shape index (κ1) is 26.2. The molecule has 9 N–H and O–H groups in total. The van der Waals surface area contributed by atoms with Crippen molar-refractivity contribution in [3.05, 3.63) is 22.7 Å². The summed E-state index contributed by atoms with van der Waals surface area (Å²) in [5, 5.41) is 10.5. The highest BCUT2D eigenvalue weighted by atomic mass is 31.3. The van der Waals surface area contributed by atoms with Crippen LogP contribution in [0.15, 0.2) is 17.1 Å². The number of nitrogen functional groups attached to an aromatic ring is 1. The molecule has 0 saturated carbocycles. The second-order valence-electron chi connectivity index (χ2n) is 6.15. The molecule has 1 aromatic rings. The summed E-state index contributed by atoms with van der Waals surface area (Å²) in [6, 6.07) is 1.05. The Morgan fingerprint density at radius 1 is 1.26 bits per heavy atom. The first-order valence-electron chi connectivity index (χ1n) is 7.80. The van der Waals surface area contributed by atoms with Gasteiger partial charge in [0.2, 0.25) is 5.79 Å². The Kier molecular flexibility index (Phi) is 7.33. The summed E-state index contributed by atoms with van der Waals surface area (Å²) in [6.07, 6.45) is -1.44. The van der Waals surface area contributed by atoms with E-state index in [-0.39, 0.29) is 5.82 Å². The molecule has 2 heterocycles. The van der Waals surface area contributed by atoms with E-state index in [1.165, 1.54) is 0 Å². The van der Waals surface area contributed by atoms with E-state index in [1.54, 1.807) is 0 Å². The number of anilines is 1. The molecule has 0 radical (unpaired) electrons. The first-order valence-corrected chi connectivity index (χ1v) is 12.3. The lowest BCUT2D eigenvalue weighted by Crippen LogP contribution is -2.57. The van der Waals surface area contributed by atoms with Crippen LogP contribution in [-0.2, 0) is 37.4 Å². The van der Waals surface area contributed by atoms with Crippen LogP contribution in [0.3, 0.4) is 0 Å². The average molecular weight is 514 g/mol. The van der Waals surface area contributed by atoms with Gasteiger partial charge in [0.25, 0.3) is 0 Å². The van der Waals surface area contributed by atoms with E-state index in [9.17, 15) is 28.5 Å². The van der Waals surface area contributed by atoms with E-state index >= 15 is 4.39 Å². The smallest absolute Gasteiger partial charge is 0.384 e. The summed E-state index contributed by atoms with van der Waals surface area (Å²) >= 11 is 0. The van der Waals surface area contributed by atoms with Crippen molar-refractivity contribution < 1.29 is 60.6 Å². The van der Waals surface area contributed by atoms with Gasteiger partial charge in [-0.05, 0) is 6.07 Å². The first-order chi connectivity index (χ1) is 14.0. The number of nitrogens with zero attached hydrogens (tertiary/aromatic N) is 2. The van der Waals surface area contributed by atoms with Crippen molar-refractivity contribution in [1.82, 2.24) is 9.55 Å². The number of rotatable bonds is 9. The monoisotopic (exact) mass is 514 g/mol.